The minimum absolute atomic E-state index is 0.0515. The van der Waals surface area contributed by atoms with Crippen LogP contribution in [-0.4, -0.2) is 42.6 Å². The summed E-state index contributed by atoms with van der Waals surface area (Å²) in [6.45, 7) is 18.1. The van der Waals surface area contributed by atoms with E-state index in [1.807, 2.05) is 45.9 Å². The van der Waals surface area contributed by atoms with Crippen molar-refractivity contribution in [2.75, 3.05) is 13.2 Å². The predicted octanol–water partition coefficient (Wildman–Crippen LogP) is 4.82. The van der Waals surface area contributed by atoms with E-state index in [9.17, 15) is 4.79 Å². The average Bonchev–Trinajstić information content (AvgIpc) is 2.92. The van der Waals surface area contributed by atoms with Gasteiger partial charge in [0, 0.05) is 13.3 Å². The molecule has 1 aliphatic rings. The Bertz CT molecular complexity index is 809. The van der Waals surface area contributed by atoms with E-state index in [0.717, 1.165) is 16.6 Å². The molecule has 0 spiro atoms. The third-order valence-corrected chi connectivity index (χ3v) is 6.05. The first-order valence-electron chi connectivity index (χ1n) is 11.1. The number of aliphatic hydroxyl groups excluding tert-OH is 1. The van der Waals surface area contributed by atoms with Crippen LogP contribution in [0.3, 0.4) is 0 Å². The number of allylic oxidation sites excluding steroid dienone is 2. The lowest BCUT2D eigenvalue weighted by Gasteiger charge is -2.32. The fraction of sp³-hybridized carbons (Fsp3) is 0.560. The van der Waals surface area contributed by atoms with Crippen molar-refractivity contribution in [1.29, 1.82) is 0 Å². The van der Waals surface area contributed by atoms with Crippen LogP contribution in [0.15, 0.2) is 48.0 Å². The summed E-state index contributed by atoms with van der Waals surface area (Å²) in [5, 5.41) is 8.91. The van der Waals surface area contributed by atoms with E-state index in [4.69, 9.17) is 23.9 Å². The standard InChI is InChI=1S/C25H37BO6/c1-17(2)18(3)22(26-31-24(5,6)25(7,8)32-26)13-14-23(30-19(4)28)20-9-11-21(12-10-20)29-16-15-27/h9-13,17,23,27H,3,14-16H2,1-2,4-8H3/b22-13-/t23-/m0/s1. The molecule has 6 nitrogen and oxygen atoms in total. The van der Waals surface area contributed by atoms with E-state index in [2.05, 4.69) is 20.4 Å². The number of carbonyl (C=O) groups excluding carboxylic acids is 1. The van der Waals surface area contributed by atoms with Gasteiger partial charge in [-0.2, -0.15) is 0 Å². The molecule has 1 atom stereocenters. The Morgan fingerprint density at radius 2 is 1.72 bits per heavy atom. The molecule has 1 heterocycles. The van der Waals surface area contributed by atoms with Crippen molar-refractivity contribution in [1.82, 2.24) is 0 Å². The van der Waals surface area contributed by atoms with Crippen molar-refractivity contribution in [3.8, 4) is 5.75 Å². The molecule has 0 amide bonds. The van der Waals surface area contributed by atoms with Gasteiger partial charge >= 0.3 is 13.1 Å². The number of ether oxygens (including phenoxy) is 2. The largest absolute Gasteiger partial charge is 0.494 e. The van der Waals surface area contributed by atoms with Gasteiger partial charge in [0.1, 0.15) is 18.5 Å². The molecule has 0 aliphatic carbocycles. The highest BCUT2D eigenvalue weighted by molar-refractivity contribution is 6.56. The molecule has 1 aliphatic heterocycles. The first kappa shape index (κ1) is 26.2. The normalized spacial score (nSPS) is 18.5. The van der Waals surface area contributed by atoms with Gasteiger partial charge in [0.25, 0.3) is 0 Å². The molecule has 1 N–H and O–H groups in total. The quantitative estimate of drug-likeness (QED) is 0.317. The molecule has 32 heavy (non-hydrogen) atoms. The maximum absolute atomic E-state index is 11.8. The molecular weight excluding hydrogens is 407 g/mol. The van der Waals surface area contributed by atoms with Crippen LogP contribution in [0.1, 0.15) is 66.6 Å². The van der Waals surface area contributed by atoms with Gasteiger partial charge in [-0.15, -0.1) is 0 Å². The lowest BCUT2D eigenvalue weighted by atomic mass is 9.70. The van der Waals surface area contributed by atoms with Crippen molar-refractivity contribution >= 4 is 13.1 Å². The van der Waals surface area contributed by atoms with E-state index < -0.39 is 24.4 Å². The van der Waals surface area contributed by atoms with Crippen LogP contribution in [0.5, 0.6) is 5.75 Å². The molecule has 2 rings (SSSR count). The zero-order valence-electron chi connectivity index (χ0n) is 20.4. The van der Waals surface area contributed by atoms with Gasteiger partial charge in [-0.1, -0.05) is 44.2 Å². The second-order valence-corrected chi connectivity index (χ2v) is 9.40. The van der Waals surface area contributed by atoms with Gasteiger partial charge in [0.2, 0.25) is 0 Å². The molecule has 0 bridgehead atoms. The van der Waals surface area contributed by atoms with E-state index in [1.54, 1.807) is 12.1 Å². The first-order chi connectivity index (χ1) is 14.9. The smallest absolute Gasteiger partial charge is 0.491 e. The second-order valence-electron chi connectivity index (χ2n) is 9.40. The number of esters is 1. The Labute approximate surface area is 192 Å². The van der Waals surface area contributed by atoms with E-state index in [1.165, 1.54) is 6.92 Å². The number of rotatable bonds is 10. The Morgan fingerprint density at radius 3 is 2.19 bits per heavy atom. The van der Waals surface area contributed by atoms with Crippen molar-refractivity contribution in [2.45, 2.75) is 72.2 Å². The SMILES string of the molecule is C=C(/C(=C/C[C@H](OC(C)=O)c1ccc(OCCO)cc1)B1OC(C)(C)C(C)(C)O1)C(C)C. The molecule has 1 fully saturated rings. The Hall–Kier alpha value is -2.09. The molecule has 0 unspecified atom stereocenters. The number of hydrogen-bond donors (Lipinski definition) is 1. The summed E-state index contributed by atoms with van der Waals surface area (Å²) in [5.41, 5.74) is 1.72. The van der Waals surface area contributed by atoms with Gasteiger partial charge in [-0.25, -0.2) is 0 Å². The van der Waals surface area contributed by atoms with Gasteiger partial charge < -0.3 is 23.9 Å². The Morgan fingerprint density at radius 1 is 1.16 bits per heavy atom. The minimum atomic E-state index is -0.540. The molecular formula is C25H37BO6. The molecule has 1 saturated heterocycles. The number of benzene rings is 1. The van der Waals surface area contributed by atoms with Crippen LogP contribution in [0.2, 0.25) is 0 Å². The van der Waals surface area contributed by atoms with E-state index in [0.29, 0.717) is 12.2 Å². The van der Waals surface area contributed by atoms with E-state index in [-0.39, 0.29) is 25.1 Å². The first-order valence-corrected chi connectivity index (χ1v) is 11.1. The van der Waals surface area contributed by atoms with E-state index >= 15 is 0 Å². The van der Waals surface area contributed by atoms with Gasteiger partial charge in [0.15, 0.2) is 0 Å². The van der Waals surface area contributed by atoms with Crippen LogP contribution in [0, 0.1) is 5.92 Å². The van der Waals surface area contributed by atoms with Gasteiger partial charge in [0.05, 0.1) is 17.8 Å². The third kappa shape index (κ3) is 6.47. The summed E-state index contributed by atoms with van der Waals surface area (Å²) in [6.07, 6.45) is 1.98. The lowest BCUT2D eigenvalue weighted by Crippen LogP contribution is -2.41. The number of aliphatic hydroxyl groups is 1. The van der Waals surface area contributed by atoms with Crippen molar-refractivity contribution < 1.29 is 28.7 Å². The monoisotopic (exact) mass is 444 g/mol. The average molecular weight is 444 g/mol. The molecule has 0 saturated carbocycles. The summed E-state index contributed by atoms with van der Waals surface area (Å²) >= 11 is 0. The summed E-state index contributed by atoms with van der Waals surface area (Å²) in [7, 11) is -0.540. The van der Waals surface area contributed by atoms with Crippen LogP contribution < -0.4 is 4.74 Å². The summed E-state index contributed by atoms with van der Waals surface area (Å²) in [4.78, 5) is 11.8. The molecule has 0 aromatic heterocycles. The Balaban J connectivity index is 2.31. The fourth-order valence-corrected chi connectivity index (χ4v) is 3.31. The van der Waals surface area contributed by atoms with Crippen molar-refractivity contribution in [2.24, 2.45) is 5.92 Å². The van der Waals surface area contributed by atoms with Crippen LogP contribution in [-0.2, 0) is 18.8 Å². The number of hydrogen-bond acceptors (Lipinski definition) is 6. The molecule has 1 aromatic rings. The second kappa shape index (κ2) is 10.7. The minimum Gasteiger partial charge on any atom is -0.491 e. The number of carbonyl (C=O) groups is 1. The summed E-state index contributed by atoms with van der Waals surface area (Å²) < 4.78 is 23.6. The van der Waals surface area contributed by atoms with Crippen molar-refractivity contribution in [3.63, 3.8) is 0 Å². The fourth-order valence-electron chi connectivity index (χ4n) is 3.31. The van der Waals surface area contributed by atoms with Crippen LogP contribution in [0.4, 0.5) is 0 Å². The molecule has 1 aromatic carbocycles. The predicted molar refractivity (Wildman–Crippen MR) is 126 cm³/mol. The zero-order chi connectivity index (χ0) is 24.1. The lowest BCUT2D eigenvalue weighted by molar-refractivity contribution is -0.146. The maximum atomic E-state index is 11.8. The van der Waals surface area contributed by atoms with Gasteiger partial charge in [-0.3, -0.25) is 4.79 Å². The van der Waals surface area contributed by atoms with Crippen molar-refractivity contribution in [3.05, 3.63) is 53.5 Å². The van der Waals surface area contributed by atoms with Gasteiger partial charge in [-0.05, 0) is 56.8 Å². The summed E-state index contributed by atoms with van der Waals surface area (Å²) in [6, 6.07) is 7.32. The molecule has 0 radical (unpaired) electrons. The molecule has 176 valence electrons. The molecule has 7 heteroatoms. The maximum Gasteiger partial charge on any atom is 0.494 e. The van der Waals surface area contributed by atoms with Crippen LogP contribution in [0.25, 0.3) is 0 Å². The third-order valence-electron chi connectivity index (χ3n) is 6.05. The summed E-state index contributed by atoms with van der Waals surface area (Å²) in [5.74, 6) is 0.491. The van der Waals surface area contributed by atoms with Crippen LogP contribution >= 0.6 is 0 Å². The zero-order valence-corrected chi connectivity index (χ0v) is 20.4. The topological polar surface area (TPSA) is 74.2 Å². The Kier molecular flexibility index (Phi) is 8.74. The highest BCUT2D eigenvalue weighted by Crippen LogP contribution is 2.41. The highest BCUT2D eigenvalue weighted by Gasteiger charge is 2.52. The highest BCUT2D eigenvalue weighted by atomic mass is 16.7.